The minimum absolute atomic E-state index is 0.0734. The molecule has 0 aliphatic carbocycles. The first-order chi connectivity index (χ1) is 11.2. The van der Waals surface area contributed by atoms with Crippen molar-refractivity contribution in [1.82, 2.24) is 14.9 Å². The molecule has 2 saturated heterocycles. The zero-order valence-corrected chi connectivity index (χ0v) is 13.3. The van der Waals surface area contributed by atoms with E-state index in [4.69, 9.17) is 0 Å². The molecule has 2 aromatic rings. The summed E-state index contributed by atoms with van der Waals surface area (Å²) in [7, 11) is 0. The Hall–Kier alpha value is -2.28. The van der Waals surface area contributed by atoms with Gasteiger partial charge in [0.05, 0.1) is 22.8 Å². The van der Waals surface area contributed by atoms with Gasteiger partial charge in [-0.1, -0.05) is 0 Å². The first-order valence-corrected chi connectivity index (χ1v) is 8.53. The molecular weight excluding hydrogens is 312 g/mol. The van der Waals surface area contributed by atoms with Crippen LogP contribution in [-0.2, 0) is 4.79 Å². The van der Waals surface area contributed by atoms with Crippen molar-refractivity contribution < 1.29 is 9.59 Å². The van der Waals surface area contributed by atoms with Gasteiger partial charge in [-0.3, -0.25) is 14.6 Å². The van der Waals surface area contributed by atoms with E-state index in [-0.39, 0.29) is 11.8 Å². The molecule has 1 spiro atoms. The lowest BCUT2D eigenvalue weighted by Crippen LogP contribution is -2.38. The molecule has 4 heterocycles. The Balaban J connectivity index is 1.53. The van der Waals surface area contributed by atoms with Gasteiger partial charge in [-0.25, -0.2) is 4.98 Å². The van der Waals surface area contributed by atoms with Crippen molar-refractivity contribution in [2.75, 3.05) is 24.5 Å². The summed E-state index contributed by atoms with van der Waals surface area (Å²) in [6.07, 6.45) is 4.91. The maximum atomic E-state index is 12.9. The monoisotopic (exact) mass is 328 g/mol. The number of aromatic nitrogens is 2. The SMILES string of the molecule is O=C(c1cscn1)N1CCC2(CCN(c3cccnc3)C2=O)C1. The third-order valence-corrected chi connectivity index (χ3v) is 5.35. The van der Waals surface area contributed by atoms with Crippen molar-refractivity contribution in [2.45, 2.75) is 12.8 Å². The number of carbonyl (C=O) groups is 2. The lowest BCUT2D eigenvalue weighted by molar-refractivity contribution is -0.124. The van der Waals surface area contributed by atoms with E-state index >= 15 is 0 Å². The maximum absolute atomic E-state index is 12.9. The molecule has 118 valence electrons. The fraction of sp³-hybridized carbons (Fsp3) is 0.375. The molecule has 0 aromatic carbocycles. The van der Waals surface area contributed by atoms with Gasteiger partial charge in [-0.15, -0.1) is 11.3 Å². The van der Waals surface area contributed by atoms with Crippen LogP contribution in [0, 0.1) is 5.41 Å². The molecule has 0 bridgehead atoms. The summed E-state index contributed by atoms with van der Waals surface area (Å²) in [4.78, 5) is 37.1. The number of likely N-dealkylation sites (tertiary alicyclic amines) is 1. The van der Waals surface area contributed by atoms with Crippen LogP contribution < -0.4 is 4.90 Å². The van der Waals surface area contributed by atoms with Gasteiger partial charge >= 0.3 is 0 Å². The van der Waals surface area contributed by atoms with Crippen LogP contribution >= 0.6 is 11.3 Å². The van der Waals surface area contributed by atoms with E-state index in [1.165, 1.54) is 11.3 Å². The molecule has 2 amide bonds. The highest BCUT2D eigenvalue weighted by atomic mass is 32.1. The number of carbonyl (C=O) groups excluding carboxylic acids is 2. The number of thiazole rings is 1. The summed E-state index contributed by atoms with van der Waals surface area (Å²) >= 11 is 1.41. The third kappa shape index (κ3) is 2.31. The molecule has 0 saturated carbocycles. The average Bonchev–Trinajstić information content (AvgIpc) is 3.31. The summed E-state index contributed by atoms with van der Waals surface area (Å²) in [5, 5.41) is 1.76. The van der Waals surface area contributed by atoms with Gasteiger partial charge in [0.25, 0.3) is 5.91 Å². The molecule has 4 rings (SSSR count). The van der Waals surface area contributed by atoms with Crippen molar-refractivity contribution in [3.8, 4) is 0 Å². The molecule has 6 nitrogen and oxygen atoms in total. The van der Waals surface area contributed by atoms with Crippen LogP contribution in [0.2, 0.25) is 0 Å². The number of anilines is 1. The molecule has 1 atom stereocenters. The van der Waals surface area contributed by atoms with Crippen molar-refractivity contribution in [3.63, 3.8) is 0 Å². The van der Waals surface area contributed by atoms with Crippen molar-refractivity contribution in [1.29, 1.82) is 0 Å². The first kappa shape index (κ1) is 14.3. The van der Waals surface area contributed by atoms with Gasteiger partial charge in [0.1, 0.15) is 5.69 Å². The molecule has 1 unspecified atom stereocenters. The second kappa shape index (κ2) is 5.42. The lowest BCUT2D eigenvalue weighted by Gasteiger charge is -2.23. The van der Waals surface area contributed by atoms with Crippen molar-refractivity contribution >= 4 is 28.8 Å². The number of hydrogen-bond acceptors (Lipinski definition) is 5. The first-order valence-electron chi connectivity index (χ1n) is 7.59. The standard InChI is InChI=1S/C16H16N4O2S/c21-14(13-9-23-11-18-13)19-6-3-16(10-19)4-7-20(15(16)22)12-2-1-5-17-8-12/h1-2,5,8-9,11H,3-4,6-7,10H2. The summed E-state index contributed by atoms with van der Waals surface area (Å²) in [5.41, 5.74) is 2.52. The molecule has 0 N–H and O–H groups in total. The quantitative estimate of drug-likeness (QED) is 0.843. The molecule has 2 aromatic heterocycles. The maximum Gasteiger partial charge on any atom is 0.273 e. The van der Waals surface area contributed by atoms with Crippen LogP contribution in [0.5, 0.6) is 0 Å². The Morgan fingerprint density at radius 2 is 2.17 bits per heavy atom. The van der Waals surface area contributed by atoms with Crippen LogP contribution in [0.15, 0.2) is 35.4 Å². The Morgan fingerprint density at radius 1 is 1.30 bits per heavy atom. The number of hydrogen-bond donors (Lipinski definition) is 0. The molecule has 2 aliphatic rings. The molecule has 2 fully saturated rings. The number of rotatable bonds is 2. The van der Waals surface area contributed by atoms with Crippen LogP contribution in [0.3, 0.4) is 0 Å². The fourth-order valence-corrected chi connectivity index (χ4v) is 4.01. The van der Waals surface area contributed by atoms with Gasteiger partial charge in [-0.2, -0.15) is 0 Å². The molecular formula is C16H16N4O2S. The zero-order chi connectivity index (χ0) is 15.9. The minimum Gasteiger partial charge on any atom is -0.336 e. The highest BCUT2D eigenvalue weighted by molar-refractivity contribution is 7.07. The molecule has 0 radical (unpaired) electrons. The normalized spacial score (nSPS) is 23.9. The largest absolute Gasteiger partial charge is 0.336 e. The van der Waals surface area contributed by atoms with E-state index < -0.39 is 5.41 Å². The second-order valence-electron chi connectivity index (χ2n) is 6.05. The van der Waals surface area contributed by atoms with E-state index in [2.05, 4.69) is 9.97 Å². The number of nitrogens with zero attached hydrogens (tertiary/aromatic N) is 4. The topological polar surface area (TPSA) is 66.4 Å². The summed E-state index contributed by atoms with van der Waals surface area (Å²) in [5.74, 6) is 0.0369. The van der Waals surface area contributed by atoms with Crippen LogP contribution in [0.4, 0.5) is 5.69 Å². The van der Waals surface area contributed by atoms with E-state index in [9.17, 15) is 9.59 Å². The Kier molecular flexibility index (Phi) is 3.37. The number of pyridine rings is 1. The summed E-state index contributed by atoms with van der Waals surface area (Å²) in [6.45, 7) is 1.78. The molecule has 2 aliphatic heterocycles. The van der Waals surface area contributed by atoms with Gasteiger partial charge < -0.3 is 9.80 Å². The van der Waals surface area contributed by atoms with Crippen molar-refractivity contribution in [3.05, 3.63) is 41.1 Å². The van der Waals surface area contributed by atoms with Gasteiger partial charge in [0.2, 0.25) is 5.91 Å². The average molecular weight is 328 g/mol. The van der Waals surface area contributed by atoms with Crippen LogP contribution in [-0.4, -0.2) is 46.3 Å². The summed E-state index contributed by atoms with van der Waals surface area (Å²) < 4.78 is 0. The van der Waals surface area contributed by atoms with Crippen molar-refractivity contribution in [2.24, 2.45) is 5.41 Å². The predicted molar refractivity (Wildman–Crippen MR) is 86.3 cm³/mol. The lowest BCUT2D eigenvalue weighted by atomic mass is 9.85. The second-order valence-corrected chi connectivity index (χ2v) is 6.77. The van der Waals surface area contributed by atoms with Gasteiger partial charge in [0.15, 0.2) is 0 Å². The predicted octanol–water partition coefficient (Wildman–Crippen LogP) is 1.81. The van der Waals surface area contributed by atoms with Crippen LogP contribution in [0.1, 0.15) is 23.3 Å². The summed E-state index contributed by atoms with van der Waals surface area (Å²) in [6, 6.07) is 3.73. The third-order valence-electron chi connectivity index (χ3n) is 4.76. The smallest absolute Gasteiger partial charge is 0.273 e. The highest BCUT2D eigenvalue weighted by Gasteiger charge is 2.52. The van der Waals surface area contributed by atoms with E-state index in [1.807, 2.05) is 12.1 Å². The Bertz CT molecular complexity index is 734. The Morgan fingerprint density at radius 3 is 2.91 bits per heavy atom. The Labute approximate surface area is 137 Å². The minimum atomic E-state index is -0.443. The van der Waals surface area contributed by atoms with E-state index in [0.29, 0.717) is 25.3 Å². The van der Waals surface area contributed by atoms with E-state index in [0.717, 1.165) is 18.5 Å². The van der Waals surface area contributed by atoms with E-state index in [1.54, 1.807) is 33.1 Å². The van der Waals surface area contributed by atoms with Gasteiger partial charge in [-0.05, 0) is 25.0 Å². The van der Waals surface area contributed by atoms with Crippen LogP contribution in [0.25, 0.3) is 0 Å². The fourth-order valence-electron chi connectivity index (χ4n) is 3.48. The molecule has 7 heteroatoms. The zero-order valence-electron chi connectivity index (χ0n) is 12.5. The molecule has 23 heavy (non-hydrogen) atoms. The van der Waals surface area contributed by atoms with Gasteiger partial charge in [0, 0.05) is 31.2 Å². The highest BCUT2D eigenvalue weighted by Crippen LogP contribution is 2.42. The number of amides is 2.